The maximum Gasteiger partial charge on any atom is 0.324 e. The average molecular weight is 447 g/mol. The highest BCUT2D eigenvalue weighted by atomic mass is 16.2. The van der Waals surface area contributed by atoms with Gasteiger partial charge in [-0.15, -0.1) is 0 Å². The van der Waals surface area contributed by atoms with Crippen molar-refractivity contribution in [1.82, 2.24) is 19.9 Å². The van der Waals surface area contributed by atoms with Crippen LogP contribution in [-0.2, 0) is 0 Å². The molecule has 3 heterocycles. The summed E-state index contributed by atoms with van der Waals surface area (Å²) in [7, 11) is 4.10. The average Bonchev–Trinajstić information content (AvgIpc) is 2.80. The van der Waals surface area contributed by atoms with Crippen LogP contribution in [0.25, 0.3) is 0 Å². The van der Waals surface area contributed by atoms with Crippen LogP contribution in [0.15, 0.2) is 48.7 Å². The normalized spacial score (nSPS) is 14.1. The first-order chi connectivity index (χ1) is 15.9. The Morgan fingerprint density at radius 3 is 2.52 bits per heavy atom. The number of carbonyl (C=O) groups is 1. The Hall–Kier alpha value is -3.72. The van der Waals surface area contributed by atoms with Crippen LogP contribution >= 0.6 is 0 Å². The number of urea groups is 1. The van der Waals surface area contributed by atoms with Crippen molar-refractivity contribution >= 4 is 34.9 Å². The molecule has 0 saturated carbocycles. The van der Waals surface area contributed by atoms with E-state index in [2.05, 4.69) is 42.4 Å². The van der Waals surface area contributed by atoms with Gasteiger partial charge in [-0.1, -0.05) is 12.1 Å². The molecule has 0 atom stereocenters. The van der Waals surface area contributed by atoms with Gasteiger partial charge in [0.1, 0.15) is 23.3 Å². The summed E-state index contributed by atoms with van der Waals surface area (Å²) in [5, 5.41) is 5.62. The first-order valence-electron chi connectivity index (χ1n) is 11.0. The molecular formula is C24H30N8O. The molecule has 1 aromatic carbocycles. The maximum absolute atomic E-state index is 12.4. The smallest absolute Gasteiger partial charge is 0.324 e. The Labute approximate surface area is 194 Å². The molecule has 2 aromatic heterocycles. The van der Waals surface area contributed by atoms with Gasteiger partial charge in [0.25, 0.3) is 0 Å². The molecule has 3 aromatic rings. The molecule has 0 bridgehead atoms. The number of aromatic nitrogens is 3. The van der Waals surface area contributed by atoms with E-state index >= 15 is 0 Å². The molecule has 4 rings (SSSR count). The summed E-state index contributed by atoms with van der Waals surface area (Å²) in [5.41, 5.74) is 2.62. The third kappa shape index (κ3) is 5.75. The van der Waals surface area contributed by atoms with Crippen LogP contribution in [0.4, 0.5) is 33.6 Å². The third-order valence-corrected chi connectivity index (χ3v) is 5.63. The SMILES string of the molecule is Cc1ccc(NC(=O)Nc2cccc(N(C)c3cc(N4CCN(C)CC4)nc(C)n3)c2)nc1. The standard InChI is InChI=1S/C24H30N8O/c1-17-8-9-21(25-16-17)29-24(33)28-19-6-5-7-20(14-19)31(4)22-15-23(27-18(2)26-22)32-12-10-30(3)11-13-32/h5-9,14-16H,10-13H2,1-4H3,(H2,25,28,29,33). The van der Waals surface area contributed by atoms with Crippen molar-refractivity contribution in [3.63, 3.8) is 0 Å². The molecule has 33 heavy (non-hydrogen) atoms. The van der Waals surface area contributed by atoms with Crippen molar-refractivity contribution < 1.29 is 4.79 Å². The van der Waals surface area contributed by atoms with Crippen molar-refractivity contribution in [2.75, 3.05) is 60.7 Å². The number of carbonyl (C=O) groups excluding carboxylic acids is 1. The van der Waals surface area contributed by atoms with Gasteiger partial charge >= 0.3 is 6.03 Å². The second-order valence-corrected chi connectivity index (χ2v) is 8.33. The topological polar surface area (TPSA) is 89.5 Å². The zero-order valence-electron chi connectivity index (χ0n) is 19.5. The molecule has 0 aliphatic carbocycles. The molecule has 1 aliphatic rings. The fourth-order valence-corrected chi connectivity index (χ4v) is 3.65. The van der Waals surface area contributed by atoms with Crippen LogP contribution in [0.3, 0.4) is 0 Å². The molecule has 1 saturated heterocycles. The summed E-state index contributed by atoms with van der Waals surface area (Å²) < 4.78 is 0. The largest absolute Gasteiger partial charge is 0.354 e. The van der Waals surface area contributed by atoms with Crippen LogP contribution in [0.1, 0.15) is 11.4 Å². The van der Waals surface area contributed by atoms with Gasteiger partial charge in [-0.2, -0.15) is 0 Å². The number of pyridine rings is 1. The van der Waals surface area contributed by atoms with E-state index in [1.165, 1.54) is 0 Å². The molecule has 1 fully saturated rings. The second kappa shape index (κ2) is 9.83. The van der Waals surface area contributed by atoms with E-state index in [9.17, 15) is 4.79 Å². The lowest BCUT2D eigenvalue weighted by Crippen LogP contribution is -2.45. The van der Waals surface area contributed by atoms with Crippen molar-refractivity contribution in [3.05, 3.63) is 60.0 Å². The lowest BCUT2D eigenvalue weighted by molar-refractivity contribution is 0.262. The molecular weight excluding hydrogens is 416 g/mol. The maximum atomic E-state index is 12.4. The number of benzene rings is 1. The first kappa shape index (κ1) is 22.5. The third-order valence-electron chi connectivity index (χ3n) is 5.63. The van der Waals surface area contributed by atoms with Crippen molar-refractivity contribution in [1.29, 1.82) is 0 Å². The van der Waals surface area contributed by atoms with Crippen molar-refractivity contribution in [3.8, 4) is 0 Å². The summed E-state index contributed by atoms with van der Waals surface area (Å²) in [6.07, 6.45) is 1.71. The second-order valence-electron chi connectivity index (χ2n) is 8.33. The molecule has 9 nitrogen and oxygen atoms in total. The summed E-state index contributed by atoms with van der Waals surface area (Å²) in [4.78, 5) is 32.5. The molecule has 1 aliphatic heterocycles. The quantitative estimate of drug-likeness (QED) is 0.618. The van der Waals surface area contributed by atoms with E-state index in [0.717, 1.165) is 54.9 Å². The van der Waals surface area contributed by atoms with E-state index in [1.54, 1.807) is 12.3 Å². The number of amides is 2. The molecule has 9 heteroatoms. The molecule has 2 amide bonds. The highest BCUT2D eigenvalue weighted by Crippen LogP contribution is 2.27. The Balaban J connectivity index is 1.47. The number of nitrogens with one attached hydrogen (secondary N) is 2. The predicted molar refractivity (Wildman–Crippen MR) is 133 cm³/mol. The highest BCUT2D eigenvalue weighted by Gasteiger charge is 2.18. The minimum Gasteiger partial charge on any atom is -0.354 e. The van der Waals surface area contributed by atoms with Gasteiger partial charge in [0.15, 0.2) is 0 Å². The number of rotatable bonds is 5. The van der Waals surface area contributed by atoms with E-state index in [1.807, 2.05) is 62.2 Å². The van der Waals surface area contributed by atoms with E-state index in [4.69, 9.17) is 0 Å². The van der Waals surface area contributed by atoms with E-state index < -0.39 is 0 Å². The molecule has 0 radical (unpaired) electrons. The molecule has 0 spiro atoms. The Bertz CT molecular complexity index is 1110. The van der Waals surface area contributed by atoms with Gasteiger partial charge in [0.2, 0.25) is 0 Å². The lowest BCUT2D eigenvalue weighted by Gasteiger charge is -2.33. The molecule has 0 unspecified atom stereocenters. The first-order valence-corrected chi connectivity index (χ1v) is 11.0. The number of hydrogen-bond donors (Lipinski definition) is 2. The number of nitrogens with zero attached hydrogens (tertiary/aromatic N) is 6. The van der Waals surface area contributed by atoms with Crippen LogP contribution in [0.2, 0.25) is 0 Å². The van der Waals surface area contributed by atoms with Gasteiger partial charge in [0, 0.05) is 56.9 Å². The van der Waals surface area contributed by atoms with Gasteiger partial charge in [0.05, 0.1) is 0 Å². The van der Waals surface area contributed by atoms with Crippen molar-refractivity contribution in [2.45, 2.75) is 13.8 Å². The number of likely N-dealkylation sites (N-methyl/N-ethyl adjacent to an activating group) is 1. The van der Waals surface area contributed by atoms with Crippen LogP contribution in [0, 0.1) is 13.8 Å². The van der Waals surface area contributed by atoms with Gasteiger partial charge in [-0.25, -0.2) is 19.7 Å². The summed E-state index contributed by atoms with van der Waals surface area (Å²) in [6, 6.07) is 13.0. The monoisotopic (exact) mass is 446 g/mol. The fraction of sp³-hybridized carbons (Fsp3) is 0.333. The minimum atomic E-state index is -0.346. The van der Waals surface area contributed by atoms with Crippen LogP contribution in [-0.4, -0.2) is 66.2 Å². The van der Waals surface area contributed by atoms with E-state index in [-0.39, 0.29) is 6.03 Å². The fourth-order valence-electron chi connectivity index (χ4n) is 3.65. The van der Waals surface area contributed by atoms with Gasteiger partial charge < -0.3 is 20.0 Å². The zero-order chi connectivity index (χ0) is 23.4. The Kier molecular flexibility index (Phi) is 6.69. The van der Waals surface area contributed by atoms with Crippen LogP contribution < -0.4 is 20.4 Å². The Morgan fingerprint density at radius 2 is 1.79 bits per heavy atom. The number of hydrogen-bond acceptors (Lipinski definition) is 7. The van der Waals surface area contributed by atoms with Crippen molar-refractivity contribution in [2.24, 2.45) is 0 Å². The molecule has 172 valence electrons. The summed E-state index contributed by atoms with van der Waals surface area (Å²) in [5.74, 6) is 2.98. The summed E-state index contributed by atoms with van der Waals surface area (Å²) >= 11 is 0. The number of piperazine rings is 1. The number of aryl methyl sites for hydroxylation is 2. The molecule has 2 N–H and O–H groups in total. The predicted octanol–water partition coefficient (Wildman–Crippen LogP) is 3.65. The number of anilines is 5. The van der Waals surface area contributed by atoms with E-state index in [0.29, 0.717) is 11.5 Å². The summed E-state index contributed by atoms with van der Waals surface area (Å²) in [6.45, 7) is 7.79. The Morgan fingerprint density at radius 1 is 1.00 bits per heavy atom. The lowest BCUT2D eigenvalue weighted by atomic mass is 10.2. The van der Waals surface area contributed by atoms with Gasteiger partial charge in [-0.3, -0.25) is 5.32 Å². The minimum absolute atomic E-state index is 0.346. The highest BCUT2D eigenvalue weighted by molar-refractivity contribution is 5.99. The van der Waals surface area contributed by atoms with Gasteiger partial charge in [-0.05, 0) is 50.7 Å². The zero-order valence-corrected chi connectivity index (χ0v) is 19.5. The van der Waals surface area contributed by atoms with Crippen LogP contribution in [0.5, 0.6) is 0 Å².